The molecule has 17 heavy (non-hydrogen) atoms. The summed E-state index contributed by atoms with van der Waals surface area (Å²) >= 11 is 0. The number of hydrogen-bond acceptors (Lipinski definition) is 3. The van der Waals surface area contributed by atoms with E-state index in [9.17, 15) is 14.3 Å². The highest BCUT2D eigenvalue weighted by atomic mass is 19.1. The van der Waals surface area contributed by atoms with Gasteiger partial charge in [-0.3, -0.25) is 0 Å². The number of aromatic amines is 1. The van der Waals surface area contributed by atoms with Crippen molar-refractivity contribution in [1.29, 1.82) is 0 Å². The molecule has 1 aromatic carbocycles. The van der Waals surface area contributed by atoms with E-state index < -0.39 is 17.9 Å². The summed E-state index contributed by atoms with van der Waals surface area (Å²) in [4.78, 5) is 14.1. The maximum atomic E-state index is 13.3. The van der Waals surface area contributed by atoms with Crippen molar-refractivity contribution >= 4 is 16.9 Å². The first kappa shape index (κ1) is 11.6. The Bertz CT molecular complexity index is 574. The standard InChI is InChI=1S/C12H12FNO3/c1-6(15)8-3-7(13)4-10-9(8)5-11(14-10)12(16)17-2/h3-6,14-15H,1-2H3. The van der Waals surface area contributed by atoms with Gasteiger partial charge < -0.3 is 14.8 Å². The zero-order chi connectivity index (χ0) is 12.6. The number of esters is 1. The number of fused-ring (bicyclic) bond motifs is 1. The Morgan fingerprint density at radius 2 is 2.18 bits per heavy atom. The molecule has 0 bridgehead atoms. The van der Waals surface area contributed by atoms with Crippen LogP contribution in [-0.4, -0.2) is 23.2 Å². The van der Waals surface area contributed by atoms with E-state index >= 15 is 0 Å². The molecular weight excluding hydrogens is 225 g/mol. The fourth-order valence-corrected chi connectivity index (χ4v) is 1.79. The van der Waals surface area contributed by atoms with Gasteiger partial charge in [-0.15, -0.1) is 0 Å². The number of ether oxygens (including phenoxy) is 1. The number of H-pyrrole nitrogens is 1. The third kappa shape index (κ3) is 2.01. The van der Waals surface area contributed by atoms with Crippen molar-refractivity contribution < 1.29 is 19.0 Å². The number of halogens is 1. The van der Waals surface area contributed by atoms with Crippen molar-refractivity contribution in [2.45, 2.75) is 13.0 Å². The Labute approximate surface area is 97.0 Å². The van der Waals surface area contributed by atoms with Crippen LogP contribution in [-0.2, 0) is 4.74 Å². The molecule has 0 saturated carbocycles. The molecule has 2 aromatic rings. The van der Waals surface area contributed by atoms with Gasteiger partial charge in [-0.1, -0.05) is 0 Å². The number of hydrogen-bond donors (Lipinski definition) is 2. The Morgan fingerprint density at radius 3 is 2.76 bits per heavy atom. The molecule has 4 nitrogen and oxygen atoms in total. The SMILES string of the molecule is COC(=O)c1cc2c(C(C)O)cc(F)cc2[nH]1. The Balaban J connectivity index is 2.67. The minimum absolute atomic E-state index is 0.231. The minimum Gasteiger partial charge on any atom is -0.464 e. The molecule has 1 unspecified atom stereocenters. The molecular formula is C12H12FNO3. The summed E-state index contributed by atoms with van der Waals surface area (Å²) in [6.07, 6.45) is -0.811. The maximum Gasteiger partial charge on any atom is 0.354 e. The van der Waals surface area contributed by atoms with Gasteiger partial charge in [0.25, 0.3) is 0 Å². The number of carbonyl (C=O) groups excluding carboxylic acids is 1. The van der Waals surface area contributed by atoms with Crippen LogP contribution in [0, 0.1) is 5.82 Å². The maximum absolute atomic E-state index is 13.3. The molecule has 90 valence electrons. The molecule has 2 rings (SSSR count). The van der Waals surface area contributed by atoms with Crippen LogP contribution in [0.1, 0.15) is 29.1 Å². The van der Waals surface area contributed by atoms with E-state index in [1.54, 1.807) is 13.0 Å². The Kier molecular flexibility index (Phi) is 2.85. The van der Waals surface area contributed by atoms with Crippen LogP contribution in [0.2, 0.25) is 0 Å². The number of rotatable bonds is 2. The van der Waals surface area contributed by atoms with Crippen LogP contribution < -0.4 is 0 Å². The van der Waals surface area contributed by atoms with E-state index in [0.717, 1.165) is 0 Å². The number of aliphatic hydroxyl groups excluding tert-OH is 1. The molecule has 0 aliphatic heterocycles. The van der Waals surface area contributed by atoms with Crippen LogP contribution in [0.15, 0.2) is 18.2 Å². The second kappa shape index (κ2) is 4.18. The molecule has 0 radical (unpaired) electrons. The average Bonchev–Trinajstić information content (AvgIpc) is 2.69. The summed E-state index contributed by atoms with van der Waals surface area (Å²) < 4.78 is 17.9. The van der Waals surface area contributed by atoms with E-state index in [-0.39, 0.29) is 5.69 Å². The first-order valence-electron chi connectivity index (χ1n) is 5.11. The highest BCUT2D eigenvalue weighted by Gasteiger charge is 2.15. The second-order valence-corrected chi connectivity index (χ2v) is 3.81. The molecule has 0 aliphatic rings. The van der Waals surface area contributed by atoms with Crippen molar-refractivity contribution in [2.24, 2.45) is 0 Å². The average molecular weight is 237 g/mol. The fourth-order valence-electron chi connectivity index (χ4n) is 1.79. The number of aliphatic hydroxyl groups is 1. The predicted molar refractivity (Wildman–Crippen MR) is 60.2 cm³/mol. The largest absolute Gasteiger partial charge is 0.464 e. The number of nitrogens with one attached hydrogen (secondary N) is 1. The van der Waals surface area contributed by atoms with Gasteiger partial charge in [-0.05, 0) is 30.7 Å². The van der Waals surface area contributed by atoms with Gasteiger partial charge in [0.1, 0.15) is 11.5 Å². The summed E-state index contributed by atoms with van der Waals surface area (Å²) in [5.41, 5.74) is 1.13. The lowest BCUT2D eigenvalue weighted by Gasteiger charge is -2.06. The van der Waals surface area contributed by atoms with Crippen LogP contribution in [0.25, 0.3) is 10.9 Å². The van der Waals surface area contributed by atoms with Crippen LogP contribution in [0.3, 0.4) is 0 Å². The molecule has 1 atom stereocenters. The first-order valence-corrected chi connectivity index (χ1v) is 5.11. The van der Waals surface area contributed by atoms with Crippen molar-refractivity contribution in [2.75, 3.05) is 7.11 Å². The van der Waals surface area contributed by atoms with Crippen molar-refractivity contribution in [1.82, 2.24) is 4.98 Å². The molecule has 0 aliphatic carbocycles. The third-order valence-electron chi connectivity index (χ3n) is 2.59. The summed E-state index contributed by atoms with van der Waals surface area (Å²) in [5.74, 6) is -0.996. The van der Waals surface area contributed by atoms with Crippen LogP contribution >= 0.6 is 0 Å². The normalized spacial score (nSPS) is 12.7. The van der Waals surface area contributed by atoms with E-state index in [1.807, 2.05) is 0 Å². The highest BCUT2D eigenvalue weighted by Crippen LogP contribution is 2.26. The Hall–Kier alpha value is -1.88. The summed E-state index contributed by atoms with van der Waals surface area (Å²) in [7, 11) is 1.27. The van der Waals surface area contributed by atoms with E-state index in [0.29, 0.717) is 16.5 Å². The fraction of sp³-hybridized carbons (Fsp3) is 0.250. The molecule has 0 fully saturated rings. The van der Waals surface area contributed by atoms with E-state index in [2.05, 4.69) is 9.72 Å². The summed E-state index contributed by atoms with van der Waals surface area (Å²) in [5, 5.41) is 10.2. The molecule has 1 aromatic heterocycles. The molecule has 0 saturated heterocycles. The van der Waals surface area contributed by atoms with Gasteiger partial charge >= 0.3 is 5.97 Å². The minimum atomic E-state index is -0.811. The number of carbonyl (C=O) groups is 1. The van der Waals surface area contributed by atoms with Gasteiger partial charge in [0, 0.05) is 10.9 Å². The van der Waals surface area contributed by atoms with Crippen molar-refractivity contribution in [3.8, 4) is 0 Å². The van der Waals surface area contributed by atoms with Crippen LogP contribution in [0.5, 0.6) is 0 Å². The molecule has 1 heterocycles. The zero-order valence-electron chi connectivity index (χ0n) is 9.45. The smallest absolute Gasteiger partial charge is 0.354 e. The summed E-state index contributed by atoms with van der Waals surface area (Å²) in [6, 6.07) is 4.07. The molecule has 0 amide bonds. The molecule has 2 N–H and O–H groups in total. The van der Waals surface area contributed by atoms with Crippen molar-refractivity contribution in [3.63, 3.8) is 0 Å². The number of methoxy groups -OCH3 is 1. The third-order valence-corrected chi connectivity index (χ3v) is 2.59. The van der Waals surface area contributed by atoms with Gasteiger partial charge in [-0.25, -0.2) is 9.18 Å². The van der Waals surface area contributed by atoms with Gasteiger partial charge in [0.05, 0.1) is 13.2 Å². The lowest BCUT2D eigenvalue weighted by Crippen LogP contribution is -2.00. The lowest BCUT2D eigenvalue weighted by molar-refractivity contribution is 0.0595. The first-order chi connectivity index (χ1) is 8.02. The van der Waals surface area contributed by atoms with E-state index in [4.69, 9.17) is 0 Å². The Morgan fingerprint density at radius 1 is 1.47 bits per heavy atom. The quantitative estimate of drug-likeness (QED) is 0.786. The molecule has 5 heteroatoms. The zero-order valence-corrected chi connectivity index (χ0v) is 9.45. The van der Waals surface area contributed by atoms with Gasteiger partial charge in [0.2, 0.25) is 0 Å². The van der Waals surface area contributed by atoms with Gasteiger partial charge in [-0.2, -0.15) is 0 Å². The predicted octanol–water partition coefficient (Wildman–Crippen LogP) is 2.15. The van der Waals surface area contributed by atoms with Crippen LogP contribution in [0.4, 0.5) is 4.39 Å². The summed E-state index contributed by atoms with van der Waals surface area (Å²) in [6.45, 7) is 1.54. The molecule has 0 spiro atoms. The number of benzene rings is 1. The van der Waals surface area contributed by atoms with E-state index in [1.165, 1.54) is 19.2 Å². The number of aromatic nitrogens is 1. The monoisotopic (exact) mass is 237 g/mol. The highest BCUT2D eigenvalue weighted by molar-refractivity contribution is 5.96. The lowest BCUT2D eigenvalue weighted by atomic mass is 10.1. The second-order valence-electron chi connectivity index (χ2n) is 3.81. The van der Waals surface area contributed by atoms with Gasteiger partial charge in [0.15, 0.2) is 0 Å². The van der Waals surface area contributed by atoms with Crippen molar-refractivity contribution in [3.05, 3.63) is 35.3 Å². The topological polar surface area (TPSA) is 62.3 Å².